The summed E-state index contributed by atoms with van der Waals surface area (Å²) in [5, 5.41) is 0. The molecule has 2 aromatic rings. The van der Waals surface area contributed by atoms with E-state index in [0.29, 0.717) is 26.2 Å². The molecule has 2 aromatic carbocycles. The first-order chi connectivity index (χ1) is 12.9. The third-order valence-corrected chi connectivity index (χ3v) is 5.94. The summed E-state index contributed by atoms with van der Waals surface area (Å²) in [6.07, 6.45) is 0.867. The van der Waals surface area contributed by atoms with Crippen molar-refractivity contribution in [2.45, 2.75) is 6.10 Å². The highest BCUT2D eigenvalue weighted by atomic mass is 32.2. The summed E-state index contributed by atoms with van der Waals surface area (Å²) in [6.45, 7) is 1.37. The van der Waals surface area contributed by atoms with E-state index in [1.54, 1.807) is 4.90 Å². The molecule has 1 amide bonds. The van der Waals surface area contributed by atoms with Gasteiger partial charge in [-0.2, -0.15) is 4.31 Å². The summed E-state index contributed by atoms with van der Waals surface area (Å²) >= 11 is 0. The van der Waals surface area contributed by atoms with Gasteiger partial charge in [0, 0.05) is 26.2 Å². The maximum absolute atomic E-state index is 12.6. The Morgan fingerprint density at radius 1 is 0.926 bits per heavy atom. The van der Waals surface area contributed by atoms with Crippen LogP contribution < -0.4 is 0 Å². The van der Waals surface area contributed by atoms with Crippen LogP contribution in [0.1, 0.15) is 17.2 Å². The fourth-order valence-corrected chi connectivity index (χ4v) is 3.98. The molecule has 0 aliphatic carbocycles. The molecule has 3 rings (SSSR count). The highest BCUT2D eigenvalue weighted by molar-refractivity contribution is 7.88. The molecule has 1 heterocycles. The van der Waals surface area contributed by atoms with Crippen molar-refractivity contribution in [1.82, 2.24) is 9.21 Å². The maximum atomic E-state index is 12.6. The molecule has 0 bridgehead atoms. The zero-order valence-corrected chi connectivity index (χ0v) is 16.1. The van der Waals surface area contributed by atoms with Gasteiger partial charge in [-0.25, -0.2) is 8.42 Å². The predicted molar refractivity (Wildman–Crippen MR) is 104 cm³/mol. The van der Waals surface area contributed by atoms with E-state index in [9.17, 15) is 13.2 Å². The Morgan fingerprint density at radius 3 is 1.85 bits per heavy atom. The molecule has 1 aliphatic rings. The third-order valence-electron chi connectivity index (χ3n) is 4.64. The van der Waals surface area contributed by atoms with E-state index in [4.69, 9.17) is 4.74 Å². The molecule has 27 heavy (non-hydrogen) atoms. The van der Waals surface area contributed by atoms with Crippen LogP contribution in [0.4, 0.5) is 0 Å². The summed E-state index contributed by atoms with van der Waals surface area (Å²) < 4.78 is 30.6. The van der Waals surface area contributed by atoms with Crippen LogP contribution in [0.15, 0.2) is 60.7 Å². The lowest BCUT2D eigenvalue weighted by molar-refractivity contribution is -0.138. The van der Waals surface area contributed by atoms with Crippen molar-refractivity contribution in [3.63, 3.8) is 0 Å². The molecule has 7 heteroatoms. The quantitative estimate of drug-likeness (QED) is 0.758. The topological polar surface area (TPSA) is 66.9 Å². The van der Waals surface area contributed by atoms with Gasteiger partial charge in [-0.15, -0.1) is 0 Å². The lowest BCUT2D eigenvalue weighted by Gasteiger charge is -2.33. The number of benzene rings is 2. The smallest absolute Gasteiger partial charge is 0.248 e. The molecular weight excluding hydrogens is 364 g/mol. The van der Waals surface area contributed by atoms with E-state index < -0.39 is 10.0 Å². The van der Waals surface area contributed by atoms with E-state index in [0.717, 1.165) is 11.1 Å². The zero-order chi connectivity index (χ0) is 19.3. The number of sulfonamides is 1. The normalized spacial score (nSPS) is 15.9. The Bertz CT molecular complexity index is 809. The van der Waals surface area contributed by atoms with Crippen LogP contribution in [0.3, 0.4) is 0 Å². The highest BCUT2D eigenvalue weighted by Gasteiger charge is 2.26. The Kier molecular flexibility index (Phi) is 6.26. The van der Waals surface area contributed by atoms with Crippen LogP contribution in [-0.2, 0) is 19.6 Å². The van der Waals surface area contributed by atoms with Gasteiger partial charge >= 0.3 is 0 Å². The number of amides is 1. The van der Waals surface area contributed by atoms with Crippen LogP contribution in [0.5, 0.6) is 0 Å². The largest absolute Gasteiger partial charge is 0.359 e. The summed E-state index contributed by atoms with van der Waals surface area (Å²) in [6, 6.07) is 19.6. The highest BCUT2D eigenvalue weighted by Crippen LogP contribution is 2.25. The van der Waals surface area contributed by atoms with Gasteiger partial charge in [-0.1, -0.05) is 60.7 Å². The third kappa shape index (κ3) is 5.15. The van der Waals surface area contributed by atoms with Gasteiger partial charge in [0.15, 0.2) is 0 Å². The molecule has 1 saturated heterocycles. The van der Waals surface area contributed by atoms with E-state index in [1.165, 1.54) is 10.6 Å². The maximum Gasteiger partial charge on any atom is 0.248 e. The first kappa shape index (κ1) is 19.5. The standard InChI is InChI=1S/C20H24N2O4S/c1-27(24,25)22-14-12-21(13-15-22)19(23)16-26-20(17-8-4-2-5-9-17)18-10-6-3-7-11-18/h2-11,20H,12-16H2,1H3. The monoisotopic (exact) mass is 388 g/mol. The van der Waals surface area contributed by atoms with Crippen molar-refractivity contribution in [3.8, 4) is 0 Å². The van der Waals surface area contributed by atoms with E-state index in [-0.39, 0.29) is 18.6 Å². The van der Waals surface area contributed by atoms with Crippen LogP contribution in [-0.4, -0.2) is 62.6 Å². The van der Waals surface area contributed by atoms with E-state index >= 15 is 0 Å². The minimum Gasteiger partial charge on any atom is -0.359 e. The van der Waals surface area contributed by atoms with Gasteiger partial charge in [0.25, 0.3) is 0 Å². The predicted octanol–water partition coefficient (Wildman–Crippen LogP) is 1.90. The van der Waals surface area contributed by atoms with Crippen molar-refractivity contribution in [3.05, 3.63) is 71.8 Å². The molecule has 0 unspecified atom stereocenters. The number of nitrogens with zero attached hydrogens (tertiary/aromatic N) is 2. The summed E-state index contributed by atoms with van der Waals surface area (Å²) in [5.41, 5.74) is 1.97. The molecule has 0 aromatic heterocycles. The number of rotatable bonds is 6. The zero-order valence-electron chi connectivity index (χ0n) is 15.3. The number of piperazine rings is 1. The van der Waals surface area contributed by atoms with Gasteiger partial charge in [-0.3, -0.25) is 4.79 Å². The Morgan fingerprint density at radius 2 is 1.41 bits per heavy atom. The van der Waals surface area contributed by atoms with E-state index in [1.807, 2.05) is 60.7 Å². The lowest BCUT2D eigenvalue weighted by atomic mass is 10.0. The fraction of sp³-hybridized carbons (Fsp3) is 0.350. The minimum absolute atomic E-state index is 0.0483. The van der Waals surface area contributed by atoms with Crippen molar-refractivity contribution >= 4 is 15.9 Å². The number of hydrogen-bond donors (Lipinski definition) is 0. The number of ether oxygens (including phenoxy) is 1. The Hall–Kier alpha value is -2.22. The molecule has 144 valence electrons. The molecule has 0 atom stereocenters. The second-order valence-corrected chi connectivity index (χ2v) is 8.54. The fourth-order valence-electron chi connectivity index (χ4n) is 3.16. The molecule has 0 saturated carbocycles. The summed E-state index contributed by atoms with van der Waals surface area (Å²) in [7, 11) is -3.21. The minimum atomic E-state index is -3.21. The first-order valence-electron chi connectivity index (χ1n) is 8.89. The summed E-state index contributed by atoms with van der Waals surface area (Å²) in [4.78, 5) is 14.2. The Balaban J connectivity index is 1.63. The molecule has 6 nitrogen and oxygen atoms in total. The number of carbonyl (C=O) groups excluding carboxylic acids is 1. The molecule has 0 spiro atoms. The van der Waals surface area contributed by atoms with Crippen LogP contribution in [0.25, 0.3) is 0 Å². The van der Waals surface area contributed by atoms with E-state index in [2.05, 4.69) is 0 Å². The van der Waals surface area contributed by atoms with Crippen molar-refractivity contribution < 1.29 is 17.9 Å². The summed E-state index contributed by atoms with van der Waals surface area (Å²) in [5.74, 6) is -0.125. The van der Waals surface area contributed by atoms with Crippen LogP contribution >= 0.6 is 0 Å². The second kappa shape index (κ2) is 8.65. The van der Waals surface area contributed by atoms with Crippen molar-refractivity contribution in [1.29, 1.82) is 0 Å². The molecule has 0 radical (unpaired) electrons. The van der Waals surface area contributed by atoms with Gasteiger partial charge < -0.3 is 9.64 Å². The first-order valence-corrected chi connectivity index (χ1v) is 10.7. The van der Waals surface area contributed by atoms with Gasteiger partial charge in [-0.05, 0) is 11.1 Å². The molecule has 1 aliphatic heterocycles. The van der Waals surface area contributed by atoms with Gasteiger partial charge in [0.2, 0.25) is 15.9 Å². The SMILES string of the molecule is CS(=O)(=O)N1CCN(C(=O)COC(c2ccccc2)c2ccccc2)CC1. The second-order valence-electron chi connectivity index (χ2n) is 6.56. The van der Waals surface area contributed by atoms with Gasteiger partial charge in [0.1, 0.15) is 12.7 Å². The number of carbonyl (C=O) groups is 1. The Labute approximate surface area is 160 Å². The molecule has 1 fully saturated rings. The lowest BCUT2D eigenvalue weighted by Crippen LogP contribution is -2.51. The van der Waals surface area contributed by atoms with Crippen molar-refractivity contribution in [2.24, 2.45) is 0 Å². The average Bonchev–Trinajstić information content (AvgIpc) is 2.69. The average molecular weight is 388 g/mol. The molecular formula is C20H24N2O4S. The van der Waals surface area contributed by atoms with Crippen LogP contribution in [0, 0.1) is 0 Å². The van der Waals surface area contributed by atoms with Crippen LogP contribution in [0.2, 0.25) is 0 Å². The molecule has 0 N–H and O–H groups in total. The van der Waals surface area contributed by atoms with Crippen molar-refractivity contribution in [2.75, 3.05) is 39.0 Å². The van der Waals surface area contributed by atoms with Gasteiger partial charge in [0.05, 0.1) is 6.26 Å². The number of hydrogen-bond acceptors (Lipinski definition) is 4.